The summed E-state index contributed by atoms with van der Waals surface area (Å²) in [5, 5.41) is 20.7. The second-order valence-electron chi connectivity index (χ2n) is 6.90. The Morgan fingerprint density at radius 2 is 2.20 bits per heavy atom. The maximum Gasteiger partial charge on any atom is 0.435 e. The topological polar surface area (TPSA) is 88.4 Å². The van der Waals surface area contributed by atoms with Crippen LogP contribution in [-0.4, -0.2) is 38.8 Å². The van der Waals surface area contributed by atoms with Crippen LogP contribution in [0.3, 0.4) is 0 Å². The average molecular weight is 440 g/mol. The highest BCUT2D eigenvalue weighted by Crippen LogP contribution is 2.43. The van der Waals surface area contributed by atoms with Crippen LogP contribution in [0, 0.1) is 0 Å². The van der Waals surface area contributed by atoms with Gasteiger partial charge in [0.1, 0.15) is 11.4 Å². The van der Waals surface area contributed by atoms with E-state index in [0.717, 1.165) is 28.1 Å². The fraction of sp³-hybridized carbons (Fsp3) is 0.368. The van der Waals surface area contributed by atoms with Crippen LogP contribution >= 0.6 is 11.8 Å². The highest BCUT2D eigenvalue weighted by atomic mass is 32.2. The molecule has 4 rings (SSSR count). The molecule has 1 aliphatic heterocycles. The molecule has 30 heavy (non-hydrogen) atoms. The van der Waals surface area contributed by atoms with Crippen LogP contribution in [0.5, 0.6) is 11.6 Å². The lowest BCUT2D eigenvalue weighted by Crippen LogP contribution is -2.35. The van der Waals surface area contributed by atoms with E-state index in [1.54, 1.807) is 6.07 Å². The average Bonchev–Trinajstić information content (AvgIpc) is 3.35. The molecular weight excluding hydrogens is 421 g/mol. The molecule has 0 bridgehead atoms. The molecule has 2 aromatic rings. The summed E-state index contributed by atoms with van der Waals surface area (Å²) in [6.07, 6.45) is -2.94. The molecule has 7 nitrogen and oxygen atoms in total. The minimum Gasteiger partial charge on any atom is -0.506 e. The Morgan fingerprint density at radius 1 is 1.43 bits per heavy atom. The first-order valence-corrected chi connectivity index (χ1v) is 10.2. The number of ether oxygens (including phenoxy) is 1. The van der Waals surface area contributed by atoms with Gasteiger partial charge in [-0.05, 0) is 30.5 Å². The zero-order valence-electron chi connectivity index (χ0n) is 15.9. The summed E-state index contributed by atoms with van der Waals surface area (Å²) in [6.45, 7) is 1.54. The highest BCUT2D eigenvalue weighted by molar-refractivity contribution is 8.03. The van der Waals surface area contributed by atoms with E-state index in [1.807, 2.05) is 6.92 Å². The van der Waals surface area contributed by atoms with Gasteiger partial charge in [-0.2, -0.15) is 23.0 Å². The molecular formula is C19H19F3N4O3S. The number of nitrogens with zero attached hydrogens (tertiary/aromatic N) is 2. The molecule has 1 fully saturated rings. The molecule has 0 spiro atoms. The standard InChI is InChI=1S/C19H19F3N4O3S/c1-2-16-23-11-7-10(11)18(30-16)24-15(28)9-29-17-8-14(19(20,21)22)25-26(17)12-5-3-4-6-13(12)27/h3-6,8,11,16,23,27H,2,7,9H2,1H3,(H,24,28). The number of para-hydroxylation sites is 2. The molecule has 1 aliphatic carbocycles. The Morgan fingerprint density at radius 3 is 2.90 bits per heavy atom. The van der Waals surface area contributed by atoms with Gasteiger partial charge in [0.05, 0.1) is 10.4 Å². The number of fused-ring (bicyclic) bond motifs is 1. The van der Waals surface area contributed by atoms with Gasteiger partial charge in [-0.1, -0.05) is 30.8 Å². The number of hydrogen-bond donors (Lipinski definition) is 3. The number of aromatic nitrogens is 2. The summed E-state index contributed by atoms with van der Waals surface area (Å²) in [7, 11) is 0. The molecule has 2 atom stereocenters. The van der Waals surface area contributed by atoms with Crippen LogP contribution in [0.4, 0.5) is 13.2 Å². The second kappa shape index (κ2) is 7.88. The van der Waals surface area contributed by atoms with Crippen LogP contribution in [0.2, 0.25) is 0 Å². The Kier molecular flexibility index (Phi) is 5.41. The van der Waals surface area contributed by atoms with E-state index in [4.69, 9.17) is 4.74 Å². The molecule has 3 N–H and O–H groups in total. The largest absolute Gasteiger partial charge is 0.506 e. The smallest absolute Gasteiger partial charge is 0.435 e. The van der Waals surface area contributed by atoms with Gasteiger partial charge in [0, 0.05) is 12.1 Å². The molecule has 2 unspecified atom stereocenters. The third kappa shape index (κ3) is 4.26. The van der Waals surface area contributed by atoms with Crippen LogP contribution in [0.1, 0.15) is 25.5 Å². The SMILES string of the molecule is CCC1NC2CC2=C(NC(=O)COc2cc(C(F)(F)F)nn2-c2ccccc2O)S1. The van der Waals surface area contributed by atoms with Gasteiger partial charge < -0.3 is 15.2 Å². The molecule has 1 aromatic heterocycles. The number of aromatic hydroxyl groups is 1. The first kappa shape index (κ1) is 20.6. The predicted molar refractivity (Wildman–Crippen MR) is 104 cm³/mol. The van der Waals surface area contributed by atoms with Gasteiger partial charge in [0.25, 0.3) is 5.91 Å². The third-order valence-corrected chi connectivity index (χ3v) is 6.03. The fourth-order valence-corrected chi connectivity index (χ4v) is 4.32. The number of thioether (sulfide) groups is 1. The number of amides is 1. The van der Waals surface area contributed by atoms with Gasteiger partial charge in [-0.3, -0.25) is 10.1 Å². The predicted octanol–water partition coefficient (Wildman–Crippen LogP) is 3.15. The van der Waals surface area contributed by atoms with E-state index < -0.39 is 24.4 Å². The van der Waals surface area contributed by atoms with Gasteiger partial charge in [0.2, 0.25) is 5.88 Å². The summed E-state index contributed by atoms with van der Waals surface area (Å²) in [4.78, 5) is 12.4. The van der Waals surface area contributed by atoms with Crippen molar-refractivity contribution in [3.63, 3.8) is 0 Å². The number of halogens is 3. The number of carbonyl (C=O) groups is 1. The lowest BCUT2D eigenvalue weighted by Gasteiger charge is -2.22. The van der Waals surface area contributed by atoms with E-state index in [0.29, 0.717) is 6.07 Å². The molecule has 2 heterocycles. The van der Waals surface area contributed by atoms with Crippen LogP contribution in [-0.2, 0) is 11.0 Å². The maximum atomic E-state index is 13.1. The molecule has 1 saturated carbocycles. The number of hydrogen-bond acceptors (Lipinski definition) is 6. The third-order valence-electron chi connectivity index (χ3n) is 4.68. The number of carbonyl (C=O) groups excluding carboxylic acids is 1. The van der Waals surface area contributed by atoms with Crippen molar-refractivity contribution in [2.75, 3.05) is 6.61 Å². The summed E-state index contributed by atoms with van der Waals surface area (Å²) in [5.41, 5.74) is -0.0582. The van der Waals surface area contributed by atoms with Crippen LogP contribution < -0.4 is 15.4 Å². The summed E-state index contributed by atoms with van der Waals surface area (Å²) < 4.78 is 45.6. The quantitative estimate of drug-likeness (QED) is 0.640. The van der Waals surface area contributed by atoms with Crippen molar-refractivity contribution in [3.8, 4) is 17.3 Å². The molecule has 1 aromatic carbocycles. The minimum atomic E-state index is -4.70. The lowest BCUT2D eigenvalue weighted by molar-refractivity contribution is -0.141. The second-order valence-corrected chi connectivity index (χ2v) is 8.11. The first-order chi connectivity index (χ1) is 14.3. The maximum absolute atomic E-state index is 13.1. The normalized spacial score (nSPS) is 20.7. The Bertz CT molecular complexity index is 1010. The van der Waals surface area contributed by atoms with E-state index >= 15 is 0 Å². The number of benzene rings is 1. The number of phenols is 1. The van der Waals surface area contributed by atoms with Crippen molar-refractivity contribution in [1.29, 1.82) is 0 Å². The first-order valence-electron chi connectivity index (χ1n) is 9.30. The summed E-state index contributed by atoms with van der Waals surface area (Å²) in [6, 6.07) is 6.76. The summed E-state index contributed by atoms with van der Waals surface area (Å²) >= 11 is 1.52. The van der Waals surface area contributed by atoms with Crippen molar-refractivity contribution in [2.45, 2.75) is 37.4 Å². The van der Waals surface area contributed by atoms with Crippen molar-refractivity contribution in [3.05, 3.63) is 46.6 Å². The monoisotopic (exact) mass is 440 g/mol. The molecule has 1 amide bonds. The molecule has 0 saturated heterocycles. The van der Waals surface area contributed by atoms with Gasteiger partial charge in [-0.25, -0.2) is 0 Å². The van der Waals surface area contributed by atoms with Gasteiger partial charge in [-0.15, -0.1) is 0 Å². The van der Waals surface area contributed by atoms with Gasteiger partial charge >= 0.3 is 6.18 Å². The molecule has 160 valence electrons. The number of phenolic OH excluding ortho intramolecular Hbond substituents is 1. The number of rotatable bonds is 6. The molecule has 2 aliphatic rings. The van der Waals surface area contributed by atoms with E-state index in [-0.39, 0.29) is 28.7 Å². The number of nitrogens with one attached hydrogen (secondary N) is 2. The zero-order valence-corrected chi connectivity index (χ0v) is 16.7. The van der Waals surface area contributed by atoms with Crippen molar-refractivity contribution in [2.24, 2.45) is 0 Å². The Balaban J connectivity index is 1.50. The fourth-order valence-electron chi connectivity index (χ4n) is 3.08. The number of alkyl halides is 3. The van der Waals surface area contributed by atoms with Crippen molar-refractivity contribution in [1.82, 2.24) is 20.4 Å². The Hall–Kier alpha value is -2.66. The van der Waals surface area contributed by atoms with Crippen LogP contribution in [0.25, 0.3) is 5.69 Å². The van der Waals surface area contributed by atoms with E-state index in [2.05, 4.69) is 15.7 Å². The highest BCUT2D eigenvalue weighted by Gasteiger charge is 2.40. The lowest BCUT2D eigenvalue weighted by atomic mass is 10.3. The van der Waals surface area contributed by atoms with Gasteiger partial charge in [0.15, 0.2) is 12.3 Å². The van der Waals surface area contributed by atoms with Crippen molar-refractivity contribution >= 4 is 17.7 Å². The summed E-state index contributed by atoms with van der Waals surface area (Å²) in [5.74, 6) is -1.05. The zero-order chi connectivity index (χ0) is 21.5. The van der Waals surface area contributed by atoms with Crippen LogP contribution in [0.15, 0.2) is 40.9 Å². The molecule has 0 radical (unpaired) electrons. The Labute approximate surface area is 174 Å². The van der Waals surface area contributed by atoms with E-state index in [9.17, 15) is 23.1 Å². The van der Waals surface area contributed by atoms with E-state index in [1.165, 1.54) is 30.0 Å². The van der Waals surface area contributed by atoms with Crippen molar-refractivity contribution < 1.29 is 27.8 Å². The molecule has 11 heteroatoms. The minimum absolute atomic E-state index is 0.00820.